The van der Waals surface area contributed by atoms with E-state index in [0.29, 0.717) is 5.92 Å². The molecule has 0 aliphatic heterocycles. The number of hydrogen-bond acceptors (Lipinski definition) is 2. The highest BCUT2D eigenvalue weighted by Crippen LogP contribution is 2.11. The molecular weight excluding hydrogens is 150 g/mol. The van der Waals surface area contributed by atoms with Gasteiger partial charge in [0.05, 0.1) is 0 Å². The summed E-state index contributed by atoms with van der Waals surface area (Å²) in [6.07, 6.45) is 3.19. The highest BCUT2D eigenvalue weighted by Gasteiger charge is 2.02. The lowest BCUT2D eigenvalue weighted by Crippen LogP contribution is -1.96. The van der Waals surface area contributed by atoms with Gasteiger partial charge < -0.3 is 0 Å². The first-order valence-electron chi connectivity index (χ1n) is 3.38. The summed E-state index contributed by atoms with van der Waals surface area (Å²) in [6, 6.07) is 0. The maximum absolute atomic E-state index is 9.68. The molecular formula is C7H12ClNO. The van der Waals surface area contributed by atoms with Crippen LogP contribution in [0.5, 0.6) is 0 Å². The second-order valence-electron chi connectivity index (χ2n) is 2.63. The summed E-state index contributed by atoms with van der Waals surface area (Å²) in [5.74, 6) is 0.614. The normalized spacial score (nSPS) is 12.8. The highest BCUT2D eigenvalue weighted by molar-refractivity contribution is 6.20. The summed E-state index contributed by atoms with van der Waals surface area (Å²) in [7, 11) is 0. The standard InChI is InChI=1S/C7H12ClNO/c1-6(2)3-4-7(8)9-5-10/h6-7H,3-4H2,1-2H3. The summed E-state index contributed by atoms with van der Waals surface area (Å²) in [5, 5.41) is 0. The SMILES string of the molecule is CC(C)CCC(Cl)N=C=O. The number of carbonyl (C=O) groups excluding carboxylic acids is 1. The maximum atomic E-state index is 9.68. The molecule has 58 valence electrons. The molecule has 0 aromatic rings. The predicted molar refractivity (Wildman–Crippen MR) is 41.8 cm³/mol. The average molecular weight is 162 g/mol. The fourth-order valence-electron chi connectivity index (χ4n) is 0.593. The molecule has 1 unspecified atom stereocenters. The zero-order valence-corrected chi connectivity index (χ0v) is 7.06. The third-order valence-electron chi connectivity index (χ3n) is 1.18. The first kappa shape index (κ1) is 9.67. The molecule has 0 N–H and O–H groups in total. The third-order valence-corrected chi connectivity index (χ3v) is 1.49. The second-order valence-corrected chi connectivity index (χ2v) is 3.13. The lowest BCUT2D eigenvalue weighted by Gasteiger charge is -2.03. The van der Waals surface area contributed by atoms with E-state index in [-0.39, 0.29) is 5.50 Å². The molecule has 0 bridgehead atoms. The molecule has 0 aromatic carbocycles. The van der Waals surface area contributed by atoms with Crippen molar-refractivity contribution in [1.29, 1.82) is 0 Å². The van der Waals surface area contributed by atoms with Gasteiger partial charge in [-0.25, -0.2) is 4.79 Å². The molecule has 0 heterocycles. The maximum Gasteiger partial charge on any atom is 0.236 e. The van der Waals surface area contributed by atoms with E-state index in [1.54, 1.807) is 0 Å². The fraction of sp³-hybridized carbons (Fsp3) is 0.857. The van der Waals surface area contributed by atoms with Gasteiger partial charge in [-0.05, 0) is 18.8 Å². The van der Waals surface area contributed by atoms with Gasteiger partial charge in [0.15, 0.2) is 0 Å². The van der Waals surface area contributed by atoms with Crippen molar-refractivity contribution in [2.45, 2.75) is 32.2 Å². The van der Waals surface area contributed by atoms with Crippen molar-refractivity contribution in [3.05, 3.63) is 0 Å². The molecule has 0 radical (unpaired) electrons. The van der Waals surface area contributed by atoms with E-state index in [9.17, 15) is 4.79 Å². The lowest BCUT2D eigenvalue weighted by atomic mass is 10.1. The van der Waals surface area contributed by atoms with Crippen LogP contribution in [0.1, 0.15) is 26.7 Å². The van der Waals surface area contributed by atoms with Crippen molar-refractivity contribution in [2.75, 3.05) is 0 Å². The molecule has 0 saturated carbocycles. The number of alkyl halides is 1. The predicted octanol–water partition coefficient (Wildman–Crippen LogP) is 2.32. The van der Waals surface area contributed by atoms with Crippen LogP contribution in [0.3, 0.4) is 0 Å². The van der Waals surface area contributed by atoms with Crippen LogP contribution in [0.4, 0.5) is 0 Å². The van der Waals surface area contributed by atoms with Crippen molar-refractivity contribution < 1.29 is 4.79 Å². The zero-order valence-electron chi connectivity index (χ0n) is 6.30. The van der Waals surface area contributed by atoms with Gasteiger partial charge in [-0.1, -0.05) is 25.4 Å². The lowest BCUT2D eigenvalue weighted by molar-refractivity contribution is 0.537. The minimum Gasteiger partial charge on any atom is -0.211 e. The van der Waals surface area contributed by atoms with Crippen LogP contribution in [-0.2, 0) is 4.79 Å². The Labute approximate surface area is 66.3 Å². The van der Waals surface area contributed by atoms with Gasteiger partial charge in [0.2, 0.25) is 6.08 Å². The zero-order chi connectivity index (χ0) is 7.98. The largest absolute Gasteiger partial charge is 0.236 e. The minimum absolute atomic E-state index is 0.375. The number of halogens is 1. The number of rotatable bonds is 4. The van der Waals surface area contributed by atoms with Crippen LogP contribution in [0.2, 0.25) is 0 Å². The first-order valence-corrected chi connectivity index (χ1v) is 3.81. The Kier molecular flexibility index (Phi) is 5.27. The Morgan fingerprint density at radius 2 is 2.10 bits per heavy atom. The van der Waals surface area contributed by atoms with Crippen molar-refractivity contribution >= 4 is 17.7 Å². The van der Waals surface area contributed by atoms with Crippen molar-refractivity contribution in [2.24, 2.45) is 10.9 Å². The number of hydrogen-bond donors (Lipinski definition) is 0. The topological polar surface area (TPSA) is 29.4 Å². The second kappa shape index (κ2) is 5.45. The van der Waals surface area contributed by atoms with Gasteiger partial charge in [0.25, 0.3) is 0 Å². The Morgan fingerprint density at radius 3 is 2.50 bits per heavy atom. The monoisotopic (exact) mass is 161 g/mol. The van der Waals surface area contributed by atoms with Crippen LogP contribution in [0.25, 0.3) is 0 Å². The number of isocyanates is 1. The Morgan fingerprint density at radius 1 is 1.50 bits per heavy atom. The fourth-order valence-corrected chi connectivity index (χ4v) is 0.758. The van der Waals surface area contributed by atoms with Crippen LogP contribution in [-0.4, -0.2) is 11.6 Å². The van der Waals surface area contributed by atoms with E-state index in [0.717, 1.165) is 12.8 Å². The minimum atomic E-state index is -0.375. The third kappa shape index (κ3) is 5.80. The van der Waals surface area contributed by atoms with E-state index in [1.807, 2.05) is 0 Å². The molecule has 0 spiro atoms. The molecule has 0 aliphatic carbocycles. The molecule has 0 aromatic heterocycles. The van der Waals surface area contributed by atoms with Gasteiger partial charge in [-0.2, -0.15) is 4.99 Å². The molecule has 0 rings (SSSR count). The molecule has 0 amide bonds. The van der Waals surface area contributed by atoms with Gasteiger partial charge in [-0.3, -0.25) is 0 Å². The van der Waals surface area contributed by atoms with E-state index in [2.05, 4.69) is 18.8 Å². The summed E-state index contributed by atoms with van der Waals surface area (Å²) < 4.78 is 0. The smallest absolute Gasteiger partial charge is 0.211 e. The van der Waals surface area contributed by atoms with Crippen LogP contribution in [0.15, 0.2) is 4.99 Å². The molecule has 0 aliphatic rings. The summed E-state index contributed by atoms with van der Waals surface area (Å²) >= 11 is 5.60. The van der Waals surface area contributed by atoms with E-state index in [4.69, 9.17) is 11.6 Å². The van der Waals surface area contributed by atoms with Gasteiger partial charge in [0.1, 0.15) is 5.50 Å². The molecule has 3 heteroatoms. The van der Waals surface area contributed by atoms with Crippen LogP contribution in [0, 0.1) is 5.92 Å². The van der Waals surface area contributed by atoms with Crippen molar-refractivity contribution in [3.63, 3.8) is 0 Å². The van der Waals surface area contributed by atoms with Crippen molar-refractivity contribution in [1.82, 2.24) is 0 Å². The Balaban J connectivity index is 3.39. The molecule has 2 nitrogen and oxygen atoms in total. The van der Waals surface area contributed by atoms with Gasteiger partial charge >= 0.3 is 0 Å². The van der Waals surface area contributed by atoms with Crippen LogP contribution >= 0.6 is 11.6 Å². The van der Waals surface area contributed by atoms with Gasteiger partial charge in [-0.15, -0.1) is 0 Å². The summed E-state index contributed by atoms with van der Waals surface area (Å²) in [6.45, 7) is 4.21. The quantitative estimate of drug-likeness (QED) is 0.269. The Hall–Kier alpha value is -0.330. The molecule has 1 atom stereocenters. The van der Waals surface area contributed by atoms with E-state index >= 15 is 0 Å². The number of aliphatic imine (C=N–C) groups is 1. The molecule has 0 fully saturated rings. The average Bonchev–Trinajstić information content (AvgIpc) is 1.85. The van der Waals surface area contributed by atoms with Crippen LogP contribution < -0.4 is 0 Å². The molecule has 10 heavy (non-hydrogen) atoms. The molecule has 0 saturated heterocycles. The Bertz CT molecular complexity index is 130. The van der Waals surface area contributed by atoms with E-state index in [1.165, 1.54) is 6.08 Å². The van der Waals surface area contributed by atoms with E-state index < -0.39 is 0 Å². The summed E-state index contributed by atoms with van der Waals surface area (Å²) in [4.78, 5) is 13.0. The highest BCUT2D eigenvalue weighted by atomic mass is 35.5. The van der Waals surface area contributed by atoms with Crippen molar-refractivity contribution in [3.8, 4) is 0 Å². The number of nitrogens with zero attached hydrogens (tertiary/aromatic N) is 1. The first-order chi connectivity index (χ1) is 4.66. The van der Waals surface area contributed by atoms with Gasteiger partial charge in [0, 0.05) is 0 Å². The summed E-state index contributed by atoms with van der Waals surface area (Å²) in [5.41, 5.74) is -0.375.